The Hall–Kier alpha value is -2.97. The van der Waals surface area contributed by atoms with Gasteiger partial charge < -0.3 is 25.0 Å². The van der Waals surface area contributed by atoms with Crippen molar-refractivity contribution in [3.05, 3.63) is 71.0 Å². The van der Waals surface area contributed by atoms with E-state index in [1.54, 1.807) is 0 Å². The average molecular weight is 391 g/mol. The number of carbonyl (C=O) groups is 2. The van der Waals surface area contributed by atoms with E-state index in [-0.39, 0.29) is 30.7 Å². The van der Waals surface area contributed by atoms with Gasteiger partial charge in [0.15, 0.2) is 0 Å². The Labute approximate surface area is 161 Å². The highest BCUT2D eigenvalue weighted by Gasteiger charge is 2.21. The van der Waals surface area contributed by atoms with Crippen LogP contribution in [0.1, 0.15) is 34.0 Å². The van der Waals surface area contributed by atoms with Crippen LogP contribution in [0, 0.1) is 5.82 Å². The first-order chi connectivity index (χ1) is 13.4. The number of benzene rings is 2. The number of hydrogen-bond donors (Lipinski definition) is 3. The quantitative estimate of drug-likeness (QED) is 0.597. The molecule has 2 aromatic rings. The van der Waals surface area contributed by atoms with Gasteiger partial charge in [0.05, 0.1) is 18.8 Å². The number of esters is 1. The summed E-state index contributed by atoms with van der Waals surface area (Å²) in [7, 11) is 1.11. The molecule has 0 saturated heterocycles. The molecular formula is C20H22FNO6. The van der Waals surface area contributed by atoms with Crippen molar-refractivity contribution in [1.82, 2.24) is 5.32 Å². The molecule has 2 rings (SSSR count). The molecule has 0 fully saturated rings. The van der Waals surface area contributed by atoms with E-state index in [0.29, 0.717) is 0 Å². The van der Waals surface area contributed by atoms with Gasteiger partial charge in [0.25, 0.3) is 0 Å². The third kappa shape index (κ3) is 6.04. The maximum Gasteiger partial charge on any atom is 0.407 e. The van der Waals surface area contributed by atoms with E-state index in [9.17, 15) is 24.2 Å². The van der Waals surface area contributed by atoms with E-state index in [2.05, 4.69) is 10.1 Å². The maximum atomic E-state index is 13.7. The monoisotopic (exact) mass is 391 g/mol. The smallest absolute Gasteiger partial charge is 0.407 e. The van der Waals surface area contributed by atoms with Crippen LogP contribution in [-0.4, -0.2) is 42.0 Å². The Bertz CT molecular complexity index is 799. The molecule has 0 bridgehead atoms. The van der Waals surface area contributed by atoms with Gasteiger partial charge in [0, 0.05) is 6.54 Å². The third-order valence-corrected chi connectivity index (χ3v) is 4.02. The van der Waals surface area contributed by atoms with Gasteiger partial charge in [-0.1, -0.05) is 36.4 Å². The summed E-state index contributed by atoms with van der Waals surface area (Å²) < 4.78 is 23.2. The minimum Gasteiger partial charge on any atom is -0.465 e. The molecule has 7 nitrogen and oxygen atoms in total. The fraction of sp³-hybridized carbons (Fsp3) is 0.300. The van der Waals surface area contributed by atoms with Crippen LogP contribution >= 0.6 is 0 Å². The van der Waals surface area contributed by atoms with Crippen LogP contribution < -0.4 is 5.32 Å². The molecular weight excluding hydrogens is 369 g/mol. The zero-order valence-corrected chi connectivity index (χ0v) is 15.3. The molecule has 1 amide bonds. The van der Waals surface area contributed by atoms with Gasteiger partial charge in [-0.25, -0.2) is 14.0 Å². The van der Waals surface area contributed by atoms with Crippen molar-refractivity contribution in [3.8, 4) is 0 Å². The summed E-state index contributed by atoms with van der Waals surface area (Å²) in [6.45, 7) is 0.167. The molecule has 150 valence electrons. The largest absolute Gasteiger partial charge is 0.465 e. The van der Waals surface area contributed by atoms with E-state index >= 15 is 0 Å². The summed E-state index contributed by atoms with van der Waals surface area (Å²) >= 11 is 0. The third-order valence-electron chi connectivity index (χ3n) is 4.02. The zero-order valence-electron chi connectivity index (χ0n) is 15.3. The lowest BCUT2D eigenvalue weighted by molar-refractivity contribution is 0.0135. The van der Waals surface area contributed by atoms with Crippen molar-refractivity contribution in [2.75, 3.05) is 13.7 Å². The van der Waals surface area contributed by atoms with Crippen molar-refractivity contribution < 1.29 is 33.7 Å². The summed E-state index contributed by atoms with van der Waals surface area (Å²) in [5.74, 6) is -1.68. The normalized spacial score (nSPS) is 12.7. The number of rotatable bonds is 8. The predicted octanol–water partition coefficient (Wildman–Crippen LogP) is 2.32. The molecule has 0 radical (unpaired) electrons. The highest BCUT2D eigenvalue weighted by Crippen LogP contribution is 2.22. The lowest BCUT2D eigenvalue weighted by Gasteiger charge is -2.19. The van der Waals surface area contributed by atoms with E-state index in [4.69, 9.17) is 4.74 Å². The summed E-state index contributed by atoms with van der Waals surface area (Å²) in [6.07, 6.45) is -3.25. The Morgan fingerprint density at radius 3 is 2.54 bits per heavy atom. The molecule has 0 aliphatic rings. The molecule has 2 aromatic carbocycles. The van der Waals surface area contributed by atoms with Crippen LogP contribution in [0.25, 0.3) is 0 Å². The SMILES string of the molecule is COC(=O)c1cc(C(O)C(O)CCNC(=O)OCc2ccccc2)ccc1F. The van der Waals surface area contributed by atoms with Gasteiger partial charge >= 0.3 is 12.1 Å². The summed E-state index contributed by atoms with van der Waals surface area (Å²) in [5.41, 5.74) is 0.653. The maximum absolute atomic E-state index is 13.7. The van der Waals surface area contributed by atoms with E-state index < -0.39 is 30.1 Å². The lowest BCUT2D eigenvalue weighted by Crippen LogP contribution is -2.29. The van der Waals surface area contributed by atoms with Crippen molar-refractivity contribution in [2.24, 2.45) is 0 Å². The fourth-order valence-electron chi connectivity index (χ4n) is 2.47. The standard InChI is InChI=1S/C20H22FNO6/c1-27-19(25)15-11-14(7-8-16(15)21)18(24)17(23)9-10-22-20(26)28-12-13-5-3-2-4-6-13/h2-8,11,17-18,23-24H,9-10,12H2,1H3,(H,22,26). The Morgan fingerprint density at radius 1 is 1.14 bits per heavy atom. The molecule has 0 aliphatic heterocycles. The van der Waals surface area contributed by atoms with Crippen molar-refractivity contribution >= 4 is 12.1 Å². The van der Waals surface area contributed by atoms with Crippen molar-refractivity contribution in [2.45, 2.75) is 25.2 Å². The van der Waals surface area contributed by atoms with Crippen LogP contribution in [0.4, 0.5) is 9.18 Å². The van der Waals surface area contributed by atoms with Gasteiger partial charge in [-0.15, -0.1) is 0 Å². The highest BCUT2D eigenvalue weighted by molar-refractivity contribution is 5.89. The van der Waals surface area contributed by atoms with Crippen LogP contribution in [0.5, 0.6) is 0 Å². The minimum absolute atomic E-state index is 0.0204. The average Bonchev–Trinajstić information content (AvgIpc) is 2.72. The first-order valence-electron chi connectivity index (χ1n) is 8.60. The predicted molar refractivity (Wildman–Crippen MR) is 98.0 cm³/mol. The lowest BCUT2D eigenvalue weighted by atomic mass is 10.00. The molecule has 0 aromatic heterocycles. The van der Waals surface area contributed by atoms with Gasteiger partial charge in [-0.3, -0.25) is 0 Å². The van der Waals surface area contributed by atoms with Crippen LogP contribution in [-0.2, 0) is 16.1 Å². The number of aliphatic hydroxyl groups excluding tert-OH is 2. The Kier molecular flexibility index (Phi) is 7.91. The second-order valence-corrected chi connectivity index (χ2v) is 6.02. The van der Waals surface area contributed by atoms with Gasteiger partial charge in [0.1, 0.15) is 18.5 Å². The Morgan fingerprint density at radius 2 is 1.86 bits per heavy atom. The minimum atomic E-state index is -1.37. The molecule has 28 heavy (non-hydrogen) atoms. The van der Waals surface area contributed by atoms with Gasteiger partial charge in [-0.05, 0) is 29.7 Å². The summed E-state index contributed by atoms with van der Waals surface area (Å²) in [4.78, 5) is 23.2. The zero-order chi connectivity index (χ0) is 20.5. The molecule has 2 atom stereocenters. The molecule has 2 unspecified atom stereocenters. The number of halogens is 1. The second-order valence-electron chi connectivity index (χ2n) is 6.02. The van der Waals surface area contributed by atoms with Crippen LogP contribution in [0.15, 0.2) is 48.5 Å². The number of methoxy groups -OCH3 is 1. The number of alkyl carbamates (subject to hydrolysis) is 1. The topological polar surface area (TPSA) is 105 Å². The number of ether oxygens (including phenoxy) is 2. The molecule has 0 spiro atoms. The van der Waals surface area contributed by atoms with E-state index in [0.717, 1.165) is 24.8 Å². The number of carbonyl (C=O) groups excluding carboxylic acids is 2. The van der Waals surface area contributed by atoms with Crippen molar-refractivity contribution in [3.63, 3.8) is 0 Å². The fourth-order valence-corrected chi connectivity index (χ4v) is 2.47. The van der Waals surface area contributed by atoms with E-state index in [1.165, 1.54) is 6.07 Å². The number of amides is 1. The number of aliphatic hydroxyl groups is 2. The molecule has 0 aliphatic carbocycles. The first-order valence-corrected chi connectivity index (χ1v) is 8.60. The molecule has 0 heterocycles. The second kappa shape index (κ2) is 10.4. The van der Waals surface area contributed by atoms with Crippen molar-refractivity contribution in [1.29, 1.82) is 0 Å². The van der Waals surface area contributed by atoms with E-state index in [1.807, 2.05) is 30.3 Å². The van der Waals surface area contributed by atoms with Gasteiger partial charge in [0.2, 0.25) is 0 Å². The Balaban J connectivity index is 1.81. The number of hydrogen-bond acceptors (Lipinski definition) is 6. The molecule has 8 heteroatoms. The van der Waals surface area contributed by atoms with Crippen LogP contribution in [0.3, 0.4) is 0 Å². The van der Waals surface area contributed by atoms with Gasteiger partial charge in [-0.2, -0.15) is 0 Å². The first kappa shape index (κ1) is 21.3. The highest BCUT2D eigenvalue weighted by atomic mass is 19.1. The number of nitrogens with one attached hydrogen (secondary N) is 1. The summed E-state index contributed by atoms with van der Waals surface area (Å²) in [5, 5.41) is 22.8. The molecule has 3 N–H and O–H groups in total. The van der Waals surface area contributed by atoms with Crippen LogP contribution in [0.2, 0.25) is 0 Å². The molecule has 0 saturated carbocycles. The summed E-state index contributed by atoms with van der Waals surface area (Å²) in [6, 6.07) is 12.5.